The summed E-state index contributed by atoms with van der Waals surface area (Å²) in [6.07, 6.45) is 0. The average molecular weight is 823 g/mol. The van der Waals surface area contributed by atoms with Crippen LogP contribution in [0.2, 0.25) is 0 Å². The average Bonchev–Trinajstić information content (AvgIpc) is 3.87. The van der Waals surface area contributed by atoms with E-state index < -0.39 is 165 Å². The van der Waals surface area contributed by atoms with Gasteiger partial charge < -0.3 is 0 Å². The molecular weight excluding hydrogens is 821 g/mol. The number of aromatic nitrogens is 3. The molecule has 59 heavy (non-hydrogen) atoms. The van der Waals surface area contributed by atoms with Crippen LogP contribution in [0.4, 0.5) is 62.8 Å². The van der Waals surface area contributed by atoms with Gasteiger partial charge in [0.05, 0.1) is 28.6 Å². The van der Waals surface area contributed by atoms with E-state index in [2.05, 4.69) is 39.8 Å². The molecule has 0 radical (unpaired) electrons. The van der Waals surface area contributed by atoms with E-state index in [9.17, 15) is 64.1 Å². The van der Waals surface area contributed by atoms with Crippen molar-refractivity contribution in [3.05, 3.63) is 149 Å². The molecule has 0 saturated carbocycles. The maximum absolute atomic E-state index is 15.1. The molecule has 0 amide bonds. The van der Waals surface area contributed by atoms with Crippen molar-refractivity contribution < 1.29 is 57.1 Å². The van der Waals surface area contributed by atoms with E-state index in [0.717, 1.165) is 12.1 Å². The molecule has 288 valence electrons. The summed E-state index contributed by atoms with van der Waals surface area (Å²) in [5.41, 5.74) is -9.03. The Morgan fingerprint density at radius 1 is 0.508 bits per heavy atom. The number of benzene rings is 4. The Morgan fingerprint density at radius 2 is 0.983 bits per heavy atom. The predicted molar refractivity (Wildman–Crippen MR) is 164 cm³/mol. The number of nitriles is 3. The number of fused-ring (bicyclic) bond motifs is 2. The molecule has 4 aromatic carbocycles. The molecule has 24 heteroatoms. The van der Waals surface area contributed by atoms with Crippen LogP contribution in [0.1, 0.15) is 17.0 Å². The van der Waals surface area contributed by atoms with Crippen molar-refractivity contribution >= 4 is 16.8 Å². The third-order valence-electron chi connectivity index (χ3n) is 8.17. The van der Waals surface area contributed by atoms with Crippen molar-refractivity contribution in [2.45, 2.75) is 0 Å². The molecule has 0 bridgehead atoms. The second-order valence-corrected chi connectivity index (χ2v) is 11.3. The van der Waals surface area contributed by atoms with Crippen LogP contribution in [-0.4, -0.2) is 15.0 Å². The first kappa shape index (κ1) is 38.9. The van der Waals surface area contributed by atoms with Crippen LogP contribution >= 0.6 is 0 Å². The second kappa shape index (κ2) is 14.0. The smallest absolute Gasteiger partial charge is 0.232 e. The first-order valence-electron chi connectivity index (χ1n) is 15.1. The highest BCUT2D eigenvalue weighted by Gasteiger charge is 2.33. The normalized spacial score (nSPS) is 13.1. The van der Waals surface area contributed by atoms with Gasteiger partial charge >= 0.3 is 0 Å². The highest BCUT2D eigenvalue weighted by atomic mass is 19.2. The van der Waals surface area contributed by atoms with Gasteiger partial charge in [0.2, 0.25) is 5.82 Å². The third kappa shape index (κ3) is 5.69. The van der Waals surface area contributed by atoms with Gasteiger partial charge in [0.15, 0.2) is 98.9 Å². The van der Waals surface area contributed by atoms with Gasteiger partial charge in [0.1, 0.15) is 45.4 Å². The molecule has 0 aliphatic carbocycles. The van der Waals surface area contributed by atoms with Gasteiger partial charge in [-0.25, -0.2) is 96.8 Å². The topological polar surface area (TPSA) is 164 Å². The van der Waals surface area contributed by atoms with Gasteiger partial charge in [0, 0.05) is 5.56 Å². The molecule has 0 unspecified atom stereocenters. The van der Waals surface area contributed by atoms with Gasteiger partial charge in [-0.05, 0) is 12.1 Å². The number of rotatable bonds is 4. The van der Waals surface area contributed by atoms with E-state index in [1.165, 1.54) is 12.1 Å². The molecule has 2 aliphatic heterocycles. The Kier molecular flexibility index (Phi) is 9.21. The molecule has 0 atom stereocenters. The van der Waals surface area contributed by atoms with Gasteiger partial charge in [-0.15, -0.1) is 0 Å². The zero-order chi connectivity index (χ0) is 42.9. The Hall–Kier alpha value is -8.38. The quantitative estimate of drug-likeness (QED) is 0.0740. The van der Waals surface area contributed by atoms with Gasteiger partial charge in [-0.1, -0.05) is 0 Å². The molecule has 5 aromatic rings. The highest BCUT2D eigenvalue weighted by Crippen LogP contribution is 2.36. The van der Waals surface area contributed by atoms with E-state index in [1.54, 1.807) is 6.07 Å². The summed E-state index contributed by atoms with van der Waals surface area (Å²) >= 11 is 0. The summed E-state index contributed by atoms with van der Waals surface area (Å²) in [6.45, 7) is 6.78. The molecule has 0 N–H and O–H groups in total. The first-order chi connectivity index (χ1) is 28.0. The van der Waals surface area contributed by atoms with Crippen molar-refractivity contribution in [1.82, 2.24) is 15.0 Å². The zero-order valence-electron chi connectivity index (χ0n) is 27.5. The summed E-state index contributed by atoms with van der Waals surface area (Å²) in [4.78, 5) is 28.0. The molecule has 1 aromatic heterocycles. The number of hydrogen-bond acceptors (Lipinski definition) is 10. The minimum absolute atomic E-state index is 0.411. The van der Waals surface area contributed by atoms with E-state index in [4.69, 9.17) is 6.57 Å². The minimum atomic E-state index is -2.63. The zero-order valence-corrected chi connectivity index (χ0v) is 27.5. The van der Waals surface area contributed by atoms with Crippen molar-refractivity contribution in [2.24, 2.45) is 20.0 Å². The van der Waals surface area contributed by atoms with Gasteiger partial charge in [-0.3, -0.25) is 0 Å². The van der Waals surface area contributed by atoms with Crippen LogP contribution in [-0.2, 0) is 0 Å². The molecule has 0 fully saturated rings. The monoisotopic (exact) mass is 823 g/mol. The number of halogens is 13. The molecule has 0 saturated heterocycles. The van der Waals surface area contributed by atoms with Gasteiger partial charge in [0.25, 0.3) is 5.69 Å². The highest BCUT2D eigenvalue weighted by molar-refractivity contribution is 5.82. The number of nitrogens with zero attached hydrogens (tertiary/aromatic N) is 11. The molecule has 2 aliphatic rings. The molecule has 0 spiro atoms. The molecule has 11 nitrogen and oxygen atoms in total. The van der Waals surface area contributed by atoms with Crippen LogP contribution in [0, 0.1) is 116 Å². The number of hydrogen-bond donors (Lipinski definition) is 0. The Morgan fingerprint density at radius 3 is 1.49 bits per heavy atom. The van der Waals surface area contributed by atoms with E-state index >= 15 is 8.78 Å². The minimum Gasteiger partial charge on any atom is -0.232 e. The molecular formula is C35H2F13N11. The van der Waals surface area contributed by atoms with Crippen molar-refractivity contribution in [3.8, 4) is 41.0 Å². The largest absolute Gasteiger partial charge is 0.262 e. The summed E-state index contributed by atoms with van der Waals surface area (Å²) in [7, 11) is 0. The molecule has 3 heterocycles. The SMILES string of the molecule is [C-]#[N+]c1c(F)c(F)c(/C(C#N)=C2\N=c3ccc(-c4nc(C(C#N)=C5N=c6c(F)c(F)c(F)c(F)c6=N5)nc(-c5c(F)c(F)c(F)c(F)c5F)n4)c(C#N)c3=N2)c(F)c1F. The van der Waals surface area contributed by atoms with E-state index in [1.807, 2.05) is 0 Å². The fraction of sp³-hybridized carbons (Fsp3) is 0. The Labute approximate surface area is 314 Å². The van der Waals surface area contributed by atoms with Crippen LogP contribution in [0.25, 0.3) is 38.8 Å². The number of allylic oxidation sites excluding steroid dienone is 2. The van der Waals surface area contributed by atoms with E-state index in [-0.39, 0.29) is 0 Å². The standard InChI is InChI=1S/C35H2F13N11/c1-52-28-23(45)14(36)12(15(37)24(28)46)9(5-50)32-53-11-3-2-7(8(4-49)27(11)54-32)31-57-34(59-35(58-31)13-16(38)18(40)20(42)19(41)17(13)39)10(6-51)33-55-29-25(47)21(43)22(44)26(48)30(29)56-33/h2-3H/b32-9+. The van der Waals surface area contributed by atoms with Crippen molar-refractivity contribution in [2.75, 3.05) is 0 Å². The Balaban J connectivity index is 1.53. The Bertz CT molecular complexity index is 3270. The van der Waals surface area contributed by atoms with Crippen molar-refractivity contribution in [1.29, 1.82) is 15.8 Å². The van der Waals surface area contributed by atoms with Crippen LogP contribution in [0.3, 0.4) is 0 Å². The van der Waals surface area contributed by atoms with Gasteiger partial charge in [-0.2, -0.15) is 15.8 Å². The molecule has 7 rings (SSSR count). The summed E-state index contributed by atoms with van der Waals surface area (Å²) < 4.78 is 189. The third-order valence-corrected chi connectivity index (χ3v) is 8.17. The fourth-order valence-corrected chi connectivity index (χ4v) is 5.48. The lowest BCUT2D eigenvalue weighted by Gasteiger charge is -2.11. The summed E-state index contributed by atoms with van der Waals surface area (Å²) in [5.74, 6) is -36.2. The maximum atomic E-state index is 15.1. The summed E-state index contributed by atoms with van der Waals surface area (Å²) in [6, 6.07) is 5.99. The summed E-state index contributed by atoms with van der Waals surface area (Å²) in [5, 5.41) is 26.4. The van der Waals surface area contributed by atoms with Crippen molar-refractivity contribution in [3.63, 3.8) is 0 Å². The van der Waals surface area contributed by atoms with Crippen LogP contribution in [0.15, 0.2) is 43.7 Å². The van der Waals surface area contributed by atoms with Crippen LogP contribution in [0.5, 0.6) is 0 Å². The lowest BCUT2D eigenvalue weighted by atomic mass is 10.0. The van der Waals surface area contributed by atoms with E-state index in [0.29, 0.717) is 0 Å². The fourth-order valence-electron chi connectivity index (χ4n) is 5.48. The lowest BCUT2D eigenvalue weighted by Crippen LogP contribution is -2.32. The maximum Gasteiger partial charge on any atom is 0.262 e. The van der Waals surface area contributed by atoms with Crippen LogP contribution < -0.4 is 21.4 Å². The predicted octanol–water partition coefficient (Wildman–Crippen LogP) is 5.73. The lowest BCUT2D eigenvalue weighted by molar-refractivity contribution is 0.380. The second-order valence-electron chi connectivity index (χ2n) is 11.3. The first-order valence-corrected chi connectivity index (χ1v) is 15.1.